The van der Waals surface area contributed by atoms with Gasteiger partial charge in [-0.3, -0.25) is 4.79 Å². The Morgan fingerprint density at radius 2 is 2.12 bits per heavy atom. The van der Waals surface area contributed by atoms with Crippen molar-refractivity contribution < 1.29 is 9.18 Å². The number of ketones is 1. The second-order valence-electron chi connectivity index (χ2n) is 3.91. The van der Waals surface area contributed by atoms with E-state index < -0.39 is 0 Å². The SMILES string of the molecule is CCC(=O)c1cc(C)c(-c2cccc(F)c2)s1. The fourth-order valence-corrected chi connectivity index (χ4v) is 2.89. The molecule has 17 heavy (non-hydrogen) atoms. The van der Waals surface area contributed by atoms with Gasteiger partial charge in [0, 0.05) is 11.3 Å². The first-order valence-corrected chi connectivity index (χ1v) is 6.33. The zero-order chi connectivity index (χ0) is 12.4. The van der Waals surface area contributed by atoms with Gasteiger partial charge in [-0.1, -0.05) is 19.1 Å². The monoisotopic (exact) mass is 248 g/mol. The highest BCUT2D eigenvalue weighted by atomic mass is 32.1. The second kappa shape index (κ2) is 4.80. The molecule has 0 saturated heterocycles. The fraction of sp³-hybridized carbons (Fsp3) is 0.214. The fourth-order valence-electron chi connectivity index (χ4n) is 1.71. The van der Waals surface area contributed by atoms with Crippen molar-refractivity contribution >= 4 is 17.1 Å². The number of benzene rings is 1. The predicted octanol–water partition coefficient (Wildman–Crippen LogP) is 4.46. The van der Waals surface area contributed by atoms with Gasteiger partial charge in [-0.15, -0.1) is 11.3 Å². The Bertz CT molecular complexity index is 557. The van der Waals surface area contributed by atoms with Gasteiger partial charge in [0.15, 0.2) is 5.78 Å². The summed E-state index contributed by atoms with van der Waals surface area (Å²) in [5.41, 5.74) is 1.86. The number of rotatable bonds is 3. The van der Waals surface area contributed by atoms with Gasteiger partial charge in [0.2, 0.25) is 0 Å². The molecular formula is C14H13FOS. The van der Waals surface area contributed by atoms with E-state index in [-0.39, 0.29) is 11.6 Å². The number of carbonyl (C=O) groups excluding carboxylic acids is 1. The molecule has 0 aliphatic carbocycles. The van der Waals surface area contributed by atoms with Crippen LogP contribution in [0.4, 0.5) is 4.39 Å². The quantitative estimate of drug-likeness (QED) is 0.733. The molecule has 0 fully saturated rings. The predicted molar refractivity (Wildman–Crippen MR) is 69.1 cm³/mol. The number of hydrogen-bond donors (Lipinski definition) is 0. The molecule has 0 unspecified atom stereocenters. The molecule has 0 bridgehead atoms. The molecule has 0 radical (unpaired) electrons. The minimum absolute atomic E-state index is 0.140. The molecule has 0 N–H and O–H groups in total. The van der Waals surface area contributed by atoms with Crippen molar-refractivity contribution in [3.05, 3.63) is 46.6 Å². The van der Waals surface area contributed by atoms with E-state index in [2.05, 4.69) is 0 Å². The summed E-state index contributed by atoms with van der Waals surface area (Å²) in [4.78, 5) is 13.3. The van der Waals surface area contributed by atoms with Gasteiger partial charge >= 0.3 is 0 Å². The van der Waals surface area contributed by atoms with Crippen molar-refractivity contribution in [3.63, 3.8) is 0 Å². The summed E-state index contributed by atoms with van der Waals surface area (Å²) in [6.07, 6.45) is 0.503. The van der Waals surface area contributed by atoms with Crippen LogP contribution in [0, 0.1) is 12.7 Å². The molecule has 1 heterocycles. The summed E-state index contributed by atoms with van der Waals surface area (Å²) in [7, 11) is 0. The third kappa shape index (κ3) is 2.44. The van der Waals surface area contributed by atoms with Crippen LogP contribution >= 0.6 is 11.3 Å². The van der Waals surface area contributed by atoms with Crippen LogP contribution in [0.15, 0.2) is 30.3 Å². The third-order valence-corrected chi connectivity index (χ3v) is 3.93. The summed E-state index contributed by atoms with van der Waals surface area (Å²) in [5.74, 6) is -0.112. The first-order chi connectivity index (χ1) is 8.11. The number of thiophene rings is 1. The van der Waals surface area contributed by atoms with Crippen LogP contribution in [0.1, 0.15) is 28.6 Å². The number of carbonyl (C=O) groups is 1. The molecule has 3 heteroatoms. The molecule has 0 atom stereocenters. The standard InChI is InChI=1S/C14H13FOS/c1-3-12(16)13-7-9(2)14(17-13)10-5-4-6-11(15)8-10/h4-8H,3H2,1-2H3. The van der Waals surface area contributed by atoms with E-state index in [1.165, 1.54) is 23.5 Å². The Kier molecular flexibility index (Phi) is 3.38. The highest BCUT2D eigenvalue weighted by molar-refractivity contribution is 7.17. The molecule has 2 aromatic rings. The van der Waals surface area contributed by atoms with Crippen LogP contribution in [0.5, 0.6) is 0 Å². The molecule has 0 aliphatic rings. The minimum atomic E-state index is -0.251. The summed E-state index contributed by atoms with van der Waals surface area (Å²) < 4.78 is 13.2. The number of hydrogen-bond acceptors (Lipinski definition) is 2. The molecule has 1 aromatic heterocycles. The zero-order valence-electron chi connectivity index (χ0n) is 9.79. The first kappa shape index (κ1) is 12.0. The van der Waals surface area contributed by atoms with E-state index >= 15 is 0 Å². The van der Waals surface area contributed by atoms with E-state index in [1.54, 1.807) is 6.07 Å². The smallest absolute Gasteiger partial charge is 0.172 e. The summed E-state index contributed by atoms with van der Waals surface area (Å²) in [5, 5.41) is 0. The van der Waals surface area contributed by atoms with Gasteiger partial charge in [-0.05, 0) is 36.2 Å². The second-order valence-corrected chi connectivity index (χ2v) is 4.96. The summed E-state index contributed by atoms with van der Waals surface area (Å²) in [6.45, 7) is 3.79. The minimum Gasteiger partial charge on any atom is -0.293 e. The lowest BCUT2D eigenvalue weighted by atomic mass is 10.1. The summed E-state index contributed by atoms with van der Waals surface area (Å²) in [6, 6.07) is 8.35. The van der Waals surface area contributed by atoms with Crippen LogP contribution in [0.3, 0.4) is 0 Å². The van der Waals surface area contributed by atoms with Gasteiger partial charge in [-0.2, -0.15) is 0 Å². The van der Waals surface area contributed by atoms with Gasteiger partial charge < -0.3 is 0 Å². The molecule has 88 valence electrons. The van der Waals surface area contributed by atoms with Crippen LogP contribution in [-0.4, -0.2) is 5.78 Å². The maximum absolute atomic E-state index is 13.2. The van der Waals surface area contributed by atoms with Crippen LogP contribution in [0.2, 0.25) is 0 Å². The van der Waals surface area contributed by atoms with E-state index in [9.17, 15) is 9.18 Å². The lowest BCUT2D eigenvalue weighted by Gasteiger charge is -1.99. The van der Waals surface area contributed by atoms with Crippen molar-refractivity contribution in [3.8, 4) is 10.4 Å². The Morgan fingerprint density at radius 1 is 1.35 bits per heavy atom. The van der Waals surface area contributed by atoms with Crippen molar-refractivity contribution in [2.24, 2.45) is 0 Å². The average molecular weight is 248 g/mol. The van der Waals surface area contributed by atoms with Crippen molar-refractivity contribution in [1.82, 2.24) is 0 Å². The van der Waals surface area contributed by atoms with E-state index in [0.29, 0.717) is 6.42 Å². The Balaban J connectivity index is 2.46. The third-order valence-electron chi connectivity index (χ3n) is 2.60. The normalized spacial score (nSPS) is 10.5. The van der Waals surface area contributed by atoms with Crippen molar-refractivity contribution in [2.75, 3.05) is 0 Å². The Morgan fingerprint density at radius 3 is 2.76 bits per heavy atom. The van der Waals surface area contributed by atoms with Crippen LogP contribution in [-0.2, 0) is 0 Å². The van der Waals surface area contributed by atoms with E-state index in [0.717, 1.165) is 20.9 Å². The maximum atomic E-state index is 13.2. The van der Waals surface area contributed by atoms with E-state index in [4.69, 9.17) is 0 Å². The van der Waals surface area contributed by atoms with Gasteiger partial charge in [0.1, 0.15) is 5.82 Å². The molecule has 0 saturated carbocycles. The molecule has 2 rings (SSSR count). The molecular weight excluding hydrogens is 235 g/mol. The highest BCUT2D eigenvalue weighted by Gasteiger charge is 2.12. The lowest BCUT2D eigenvalue weighted by Crippen LogP contribution is -1.90. The molecule has 0 amide bonds. The lowest BCUT2D eigenvalue weighted by molar-refractivity contribution is 0.0992. The van der Waals surface area contributed by atoms with Gasteiger partial charge in [0.25, 0.3) is 0 Å². The van der Waals surface area contributed by atoms with Crippen molar-refractivity contribution in [1.29, 1.82) is 0 Å². The van der Waals surface area contributed by atoms with Crippen LogP contribution in [0.25, 0.3) is 10.4 Å². The van der Waals surface area contributed by atoms with Gasteiger partial charge in [0.05, 0.1) is 4.88 Å². The Labute approximate surface area is 104 Å². The molecule has 1 aromatic carbocycles. The van der Waals surface area contributed by atoms with Gasteiger partial charge in [-0.25, -0.2) is 4.39 Å². The highest BCUT2D eigenvalue weighted by Crippen LogP contribution is 2.33. The number of Topliss-reactive ketones (excluding diaryl/α,β-unsaturated/α-hetero) is 1. The number of halogens is 1. The average Bonchev–Trinajstić information content (AvgIpc) is 2.70. The van der Waals surface area contributed by atoms with Crippen molar-refractivity contribution in [2.45, 2.75) is 20.3 Å². The summed E-state index contributed by atoms with van der Waals surface area (Å²) >= 11 is 1.44. The van der Waals surface area contributed by atoms with Crippen LogP contribution < -0.4 is 0 Å². The first-order valence-electron chi connectivity index (χ1n) is 5.51. The zero-order valence-corrected chi connectivity index (χ0v) is 10.6. The Hall–Kier alpha value is -1.48. The topological polar surface area (TPSA) is 17.1 Å². The molecule has 1 nitrogen and oxygen atoms in total. The largest absolute Gasteiger partial charge is 0.293 e. The maximum Gasteiger partial charge on any atom is 0.172 e. The molecule has 0 aliphatic heterocycles. The van der Waals surface area contributed by atoms with E-state index in [1.807, 2.05) is 26.0 Å². The number of aryl methyl sites for hydroxylation is 1. The molecule has 0 spiro atoms.